The monoisotopic (exact) mass is 357 g/mol. The van der Waals surface area contributed by atoms with Crippen molar-refractivity contribution in [1.82, 2.24) is 10.9 Å². The first-order chi connectivity index (χ1) is 12.0. The van der Waals surface area contributed by atoms with Crippen LogP contribution in [0.15, 0.2) is 29.6 Å². The third-order valence-electron chi connectivity index (χ3n) is 4.10. The average molecular weight is 357 g/mol. The molecule has 1 aliphatic rings. The molecule has 7 heteroatoms. The summed E-state index contributed by atoms with van der Waals surface area (Å²) in [6, 6.07) is 7.38. The maximum Gasteiger partial charge on any atom is 0.272 e. The quantitative estimate of drug-likeness (QED) is 0.738. The molecule has 1 heterocycles. The Morgan fingerprint density at radius 3 is 2.48 bits per heavy atom. The van der Waals surface area contributed by atoms with E-state index in [9.17, 15) is 14.4 Å². The van der Waals surface area contributed by atoms with Gasteiger partial charge in [0.05, 0.1) is 5.56 Å². The first kappa shape index (κ1) is 17.2. The maximum absolute atomic E-state index is 12.5. The third-order valence-corrected chi connectivity index (χ3v) is 4.93. The van der Waals surface area contributed by atoms with E-state index >= 15 is 0 Å². The largest absolute Gasteiger partial charge is 0.313 e. The van der Waals surface area contributed by atoms with Crippen molar-refractivity contribution in [2.24, 2.45) is 0 Å². The van der Waals surface area contributed by atoms with Gasteiger partial charge in [0.2, 0.25) is 5.91 Å². The Balaban J connectivity index is 1.72. The number of anilines is 1. The lowest BCUT2D eigenvalue weighted by Gasteiger charge is -2.16. The van der Waals surface area contributed by atoms with Crippen molar-refractivity contribution in [3.63, 3.8) is 0 Å². The highest BCUT2D eigenvalue weighted by Gasteiger charge is 2.17. The van der Waals surface area contributed by atoms with E-state index in [-0.39, 0.29) is 11.8 Å². The zero-order valence-corrected chi connectivity index (χ0v) is 14.7. The minimum Gasteiger partial charge on any atom is -0.313 e. The van der Waals surface area contributed by atoms with Crippen LogP contribution in [0.25, 0.3) is 0 Å². The molecule has 0 atom stereocenters. The van der Waals surface area contributed by atoms with E-state index in [2.05, 4.69) is 16.2 Å². The second-order valence-electron chi connectivity index (χ2n) is 5.94. The van der Waals surface area contributed by atoms with Crippen molar-refractivity contribution in [2.75, 3.05) is 5.32 Å². The lowest BCUT2D eigenvalue weighted by Crippen LogP contribution is -2.40. The predicted molar refractivity (Wildman–Crippen MR) is 96.6 cm³/mol. The van der Waals surface area contributed by atoms with Gasteiger partial charge < -0.3 is 5.32 Å². The predicted octanol–water partition coefficient (Wildman–Crippen LogP) is 2.66. The Morgan fingerprint density at radius 2 is 1.72 bits per heavy atom. The molecule has 0 fully saturated rings. The summed E-state index contributed by atoms with van der Waals surface area (Å²) in [7, 11) is 0. The van der Waals surface area contributed by atoms with E-state index in [1.807, 2.05) is 18.2 Å². The Bertz CT molecular complexity index is 829. The summed E-state index contributed by atoms with van der Waals surface area (Å²) in [5, 5.41) is 4.95. The minimum absolute atomic E-state index is 0.246. The molecule has 3 amide bonds. The number of fused-ring (bicyclic) bond motifs is 1. The summed E-state index contributed by atoms with van der Waals surface area (Å²) in [5.74, 6) is -1.09. The fourth-order valence-corrected chi connectivity index (χ4v) is 3.63. The molecular weight excluding hydrogens is 338 g/mol. The van der Waals surface area contributed by atoms with Crippen molar-refractivity contribution >= 4 is 34.1 Å². The van der Waals surface area contributed by atoms with Crippen molar-refractivity contribution in [3.8, 4) is 0 Å². The van der Waals surface area contributed by atoms with Crippen LogP contribution in [0.4, 0.5) is 5.00 Å². The standard InChI is InChI=1S/C18H19N3O3S/c1-11(22)20-21-17(24)15-8-9-25-18(15)19-16(23)14-7-6-12-4-2-3-5-13(12)10-14/h6-10H,2-5H2,1H3,(H,19,23)(H,20,22)(H,21,24). The van der Waals surface area contributed by atoms with E-state index < -0.39 is 5.91 Å². The molecule has 0 radical (unpaired) electrons. The van der Waals surface area contributed by atoms with Crippen LogP contribution in [0.1, 0.15) is 51.6 Å². The fraction of sp³-hybridized carbons (Fsp3) is 0.278. The van der Waals surface area contributed by atoms with Gasteiger partial charge in [-0.1, -0.05) is 6.07 Å². The van der Waals surface area contributed by atoms with E-state index in [1.165, 1.54) is 35.8 Å². The molecule has 6 nitrogen and oxygen atoms in total. The van der Waals surface area contributed by atoms with Gasteiger partial charge in [-0.3, -0.25) is 25.2 Å². The first-order valence-corrected chi connectivity index (χ1v) is 9.00. The smallest absolute Gasteiger partial charge is 0.272 e. The highest BCUT2D eigenvalue weighted by atomic mass is 32.1. The number of amides is 3. The van der Waals surface area contributed by atoms with Crippen LogP contribution in [0.2, 0.25) is 0 Å². The lowest BCUT2D eigenvalue weighted by atomic mass is 9.90. The van der Waals surface area contributed by atoms with Gasteiger partial charge in [-0.15, -0.1) is 11.3 Å². The average Bonchev–Trinajstić information content (AvgIpc) is 3.07. The molecule has 2 aromatic rings. The van der Waals surface area contributed by atoms with E-state index in [0.717, 1.165) is 19.3 Å². The highest BCUT2D eigenvalue weighted by molar-refractivity contribution is 7.14. The number of hydrogen-bond acceptors (Lipinski definition) is 4. The van der Waals surface area contributed by atoms with Gasteiger partial charge in [0.25, 0.3) is 11.8 Å². The fourth-order valence-electron chi connectivity index (χ4n) is 2.85. The number of benzene rings is 1. The topological polar surface area (TPSA) is 87.3 Å². The molecule has 3 N–H and O–H groups in total. The molecule has 3 rings (SSSR count). The number of hydrazine groups is 1. The van der Waals surface area contributed by atoms with Crippen molar-refractivity contribution in [2.45, 2.75) is 32.6 Å². The Morgan fingerprint density at radius 1 is 0.960 bits per heavy atom. The summed E-state index contributed by atoms with van der Waals surface area (Å²) in [6.07, 6.45) is 4.41. The Kier molecular flexibility index (Phi) is 5.14. The SMILES string of the molecule is CC(=O)NNC(=O)c1ccsc1NC(=O)c1ccc2c(c1)CCCC2. The third kappa shape index (κ3) is 4.06. The number of thiophene rings is 1. The normalized spacial score (nSPS) is 12.8. The van der Waals surface area contributed by atoms with Gasteiger partial charge in [0.15, 0.2) is 0 Å². The van der Waals surface area contributed by atoms with Crippen LogP contribution < -0.4 is 16.2 Å². The van der Waals surface area contributed by atoms with E-state index in [1.54, 1.807) is 11.4 Å². The Labute approximate surface area is 149 Å². The maximum atomic E-state index is 12.5. The number of rotatable bonds is 3. The molecular formula is C18H19N3O3S. The van der Waals surface area contributed by atoms with Crippen molar-refractivity contribution in [3.05, 3.63) is 51.9 Å². The molecule has 130 valence electrons. The van der Waals surface area contributed by atoms with Gasteiger partial charge in [-0.25, -0.2) is 0 Å². The van der Waals surface area contributed by atoms with Crippen LogP contribution >= 0.6 is 11.3 Å². The molecule has 0 unspecified atom stereocenters. The van der Waals surface area contributed by atoms with Gasteiger partial charge >= 0.3 is 0 Å². The van der Waals surface area contributed by atoms with Gasteiger partial charge in [0, 0.05) is 12.5 Å². The second-order valence-corrected chi connectivity index (χ2v) is 6.86. The lowest BCUT2D eigenvalue weighted by molar-refractivity contribution is -0.119. The molecule has 0 aliphatic heterocycles. The molecule has 0 saturated heterocycles. The van der Waals surface area contributed by atoms with E-state index in [4.69, 9.17) is 0 Å². The second kappa shape index (κ2) is 7.48. The zero-order chi connectivity index (χ0) is 17.8. The molecule has 0 spiro atoms. The molecule has 0 saturated carbocycles. The van der Waals surface area contributed by atoms with Crippen LogP contribution in [0.3, 0.4) is 0 Å². The minimum atomic E-state index is -0.475. The van der Waals surface area contributed by atoms with Crippen molar-refractivity contribution < 1.29 is 14.4 Å². The summed E-state index contributed by atoms with van der Waals surface area (Å²) in [6.45, 7) is 1.30. The first-order valence-electron chi connectivity index (χ1n) is 8.12. The van der Waals surface area contributed by atoms with Gasteiger partial charge in [0.1, 0.15) is 5.00 Å². The number of aryl methyl sites for hydroxylation is 2. The van der Waals surface area contributed by atoms with Crippen LogP contribution in [-0.2, 0) is 17.6 Å². The molecule has 1 aromatic heterocycles. The molecule has 0 bridgehead atoms. The van der Waals surface area contributed by atoms with Gasteiger partial charge in [-0.2, -0.15) is 0 Å². The van der Waals surface area contributed by atoms with Crippen LogP contribution in [0, 0.1) is 0 Å². The number of nitrogens with one attached hydrogen (secondary N) is 3. The summed E-state index contributed by atoms with van der Waals surface area (Å²) >= 11 is 1.26. The summed E-state index contributed by atoms with van der Waals surface area (Å²) in [5.41, 5.74) is 7.97. The van der Waals surface area contributed by atoms with Crippen LogP contribution in [0.5, 0.6) is 0 Å². The summed E-state index contributed by atoms with van der Waals surface area (Å²) in [4.78, 5) is 35.5. The number of carbonyl (C=O) groups excluding carboxylic acids is 3. The van der Waals surface area contributed by atoms with E-state index in [0.29, 0.717) is 16.1 Å². The molecule has 25 heavy (non-hydrogen) atoms. The Hall–Kier alpha value is -2.67. The molecule has 1 aromatic carbocycles. The summed E-state index contributed by atoms with van der Waals surface area (Å²) < 4.78 is 0. The number of hydrogen-bond donors (Lipinski definition) is 3. The number of carbonyl (C=O) groups is 3. The molecule has 1 aliphatic carbocycles. The zero-order valence-electron chi connectivity index (χ0n) is 13.8. The van der Waals surface area contributed by atoms with Gasteiger partial charge in [-0.05, 0) is 60.4 Å². The van der Waals surface area contributed by atoms with Crippen LogP contribution in [-0.4, -0.2) is 17.7 Å². The van der Waals surface area contributed by atoms with Crippen molar-refractivity contribution in [1.29, 1.82) is 0 Å². The highest BCUT2D eigenvalue weighted by Crippen LogP contribution is 2.25.